The van der Waals surface area contributed by atoms with E-state index in [1.165, 1.54) is 0 Å². The zero-order chi connectivity index (χ0) is 13.0. The Labute approximate surface area is 109 Å². The van der Waals surface area contributed by atoms with Gasteiger partial charge in [-0.1, -0.05) is 12.8 Å². The van der Waals surface area contributed by atoms with Gasteiger partial charge in [0.15, 0.2) is 0 Å². The number of carbonyl (C=O) groups is 1. The van der Waals surface area contributed by atoms with Gasteiger partial charge in [0.25, 0.3) is 0 Å². The Balaban J connectivity index is 1.96. The van der Waals surface area contributed by atoms with Gasteiger partial charge in [-0.25, -0.2) is 0 Å². The van der Waals surface area contributed by atoms with Crippen LogP contribution < -0.4 is 10.6 Å². The lowest BCUT2D eigenvalue weighted by Gasteiger charge is -2.39. The average Bonchev–Trinajstić information content (AvgIpc) is 2.77. The summed E-state index contributed by atoms with van der Waals surface area (Å²) in [6.07, 6.45) is 3.96. The Morgan fingerprint density at radius 1 is 1.50 bits per heavy atom. The molecular weight excluding hydrogens is 230 g/mol. The third-order valence-electron chi connectivity index (χ3n) is 4.04. The first-order valence-electron chi connectivity index (χ1n) is 7.09. The highest BCUT2D eigenvalue weighted by atomic mass is 16.3. The number of nitrogens with zero attached hydrogens (tertiary/aromatic N) is 1. The van der Waals surface area contributed by atoms with Gasteiger partial charge in [0, 0.05) is 32.7 Å². The number of amides is 1. The van der Waals surface area contributed by atoms with Crippen molar-refractivity contribution >= 4 is 5.91 Å². The molecule has 1 saturated carbocycles. The minimum absolute atomic E-state index is 0.0753. The summed E-state index contributed by atoms with van der Waals surface area (Å²) in [5, 5.41) is 16.6. The summed E-state index contributed by atoms with van der Waals surface area (Å²) in [6, 6.07) is -0.136. The van der Waals surface area contributed by atoms with Gasteiger partial charge >= 0.3 is 0 Å². The number of hydrogen-bond donors (Lipinski definition) is 3. The van der Waals surface area contributed by atoms with E-state index in [2.05, 4.69) is 15.5 Å². The average molecular weight is 255 g/mol. The molecule has 0 spiro atoms. The Bertz CT molecular complexity index is 290. The summed E-state index contributed by atoms with van der Waals surface area (Å²) >= 11 is 0. The topological polar surface area (TPSA) is 64.6 Å². The lowest BCUT2D eigenvalue weighted by molar-refractivity contribution is -0.128. The van der Waals surface area contributed by atoms with Gasteiger partial charge in [-0.15, -0.1) is 0 Å². The number of carbonyl (C=O) groups excluding carboxylic acids is 1. The van der Waals surface area contributed by atoms with E-state index in [1.807, 2.05) is 6.92 Å². The molecule has 2 aliphatic rings. The molecule has 1 aliphatic heterocycles. The van der Waals surface area contributed by atoms with E-state index in [0.29, 0.717) is 19.6 Å². The van der Waals surface area contributed by atoms with Gasteiger partial charge in [0.05, 0.1) is 5.60 Å². The maximum atomic E-state index is 12.0. The molecule has 2 fully saturated rings. The molecule has 0 radical (unpaired) electrons. The largest absolute Gasteiger partial charge is 0.389 e. The van der Waals surface area contributed by atoms with Gasteiger partial charge in [0.1, 0.15) is 6.04 Å². The van der Waals surface area contributed by atoms with Gasteiger partial charge in [-0.05, 0) is 19.8 Å². The number of piperazine rings is 1. The predicted molar refractivity (Wildman–Crippen MR) is 70.3 cm³/mol. The highest BCUT2D eigenvalue weighted by Crippen LogP contribution is 2.30. The Kier molecular flexibility index (Phi) is 4.59. The van der Waals surface area contributed by atoms with Crippen molar-refractivity contribution in [2.75, 3.05) is 32.7 Å². The van der Waals surface area contributed by atoms with Crippen LogP contribution in [0.2, 0.25) is 0 Å². The number of hydrogen-bond acceptors (Lipinski definition) is 4. The minimum Gasteiger partial charge on any atom is -0.389 e. The monoisotopic (exact) mass is 255 g/mol. The minimum atomic E-state index is -0.567. The van der Waals surface area contributed by atoms with Crippen LogP contribution in [0.5, 0.6) is 0 Å². The van der Waals surface area contributed by atoms with Gasteiger partial charge in [-0.2, -0.15) is 0 Å². The Hall–Kier alpha value is -0.650. The molecule has 18 heavy (non-hydrogen) atoms. The van der Waals surface area contributed by atoms with E-state index >= 15 is 0 Å². The second-order valence-electron chi connectivity index (χ2n) is 5.52. The van der Waals surface area contributed by atoms with Crippen LogP contribution >= 0.6 is 0 Å². The summed E-state index contributed by atoms with van der Waals surface area (Å²) < 4.78 is 0. The third-order valence-corrected chi connectivity index (χ3v) is 4.04. The molecule has 2 rings (SSSR count). The van der Waals surface area contributed by atoms with Crippen molar-refractivity contribution in [2.24, 2.45) is 0 Å². The maximum Gasteiger partial charge on any atom is 0.238 e. The van der Waals surface area contributed by atoms with Crippen LogP contribution in [-0.4, -0.2) is 60.3 Å². The lowest BCUT2D eigenvalue weighted by atomic mass is 10.00. The van der Waals surface area contributed by atoms with E-state index in [-0.39, 0.29) is 11.9 Å². The molecule has 1 unspecified atom stereocenters. The van der Waals surface area contributed by atoms with E-state index in [9.17, 15) is 9.90 Å². The number of rotatable bonds is 4. The number of aliphatic hydroxyl groups is 1. The summed E-state index contributed by atoms with van der Waals surface area (Å²) in [4.78, 5) is 14.2. The highest BCUT2D eigenvalue weighted by Gasteiger charge is 2.37. The molecule has 104 valence electrons. The van der Waals surface area contributed by atoms with Crippen LogP contribution in [-0.2, 0) is 4.79 Å². The van der Waals surface area contributed by atoms with Crippen molar-refractivity contribution in [3.8, 4) is 0 Å². The van der Waals surface area contributed by atoms with Crippen molar-refractivity contribution in [1.29, 1.82) is 0 Å². The van der Waals surface area contributed by atoms with Gasteiger partial charge in [0.2, 0.25) is 5.91 Å². The quantitative estimate of drug-likeness (QED) is 0.645. The molecule has 0 aromatic rings. The second kappa shape index (κ2) is 5.99. The number of β-amino-alcohol motifs (C(OH)–C–C–N with tert-alkyl or cyclic N) is 1. The van der Waals surface area contributed by atoms with Crippen molar-refractivity contribution in [2.45, 2.75) is 44.2 Å². The van der Waals surface area contributed by atoms with Crippen LogP contribution in [0.15, 0.2) is 0 Å². The number of likely N-dealkylation sites (N-methyl/N-ethyl adjacent to an activating group) is 1. The fraction of sp³-hybridized carbons (Fsp3) is 0.923. The maximum absolute atomic E-state index is 12.0. The summed E-state index contributed by atoms with van der Waals surface area (Å²) in [6.45, 7) is 5.64. The van der Waals surface area contributed by atoms with Crippen molar-refractivity contribution < 1.29 is 9.90 Å². The molecule has 0 aromatic heterocycles. The molecule has 1 amide bonds. The second-order valence-corrected chi connectivity index (χ2v) is 5.52. The van der Waals surface area contributed by atoms with E-state index in [1.54, 1.807) is 0 Å². The standard InChI is InChI=1S/C13H25N3O2/c1-2-15-12(17)11-9-14-7-8-16(11)10-13(18)5-3-4-6-13/h11,14,18H,2-10H2,1H3,(H,15,17). The Morgan fingerprint density at radius 3 is 2.89 bits per heavy atom. The van der Waals surface area contributed by atoms with E-state index in [4.69, 9.17) is 0 Å². The number of nitrogens with one attached hydrogen (secondary N) is 2. The van der Waals surface area contributed by atoms with Gasteiger partial charge < -0.3 is 15.7 Å². The fourth-order valence-electron chi connectivity index (χ4n) is 3.06. The normalized spacial score (nSPS) is 28.2. The van der Waals surface area contributed by atoms with Crippen LogP contribution in [0.3, 0.4) is 0 Å². The molecule has 0 bridgehead atoms. The molecule has 1 saturated heterocycles. The highest BCUT2D eigenvalue weighted by molar-refractivity contribution is 5.82. The molecular formula is C13H25N3O2. The van der Waals surface area contributed by atoms with Crippen molar-refractivity contribution in [1.82, 2.24) is 15.5 Å². The Morgan fingerprint density at radius 2 is 2.22 bits per heavy atom. The SMILES string of the molecule is CCNC(=O)C1CNCCN1CC1(O)CCCC1. The van der Waals surface area contributed by atoms with E-state index < -0.39 is 5.60 Å². The van der Waals surface area contributed by atoms with Crippen LogP contribution in [0.25, 0.3) is 0 Å². The smallest absolute Gasteiger partial charge is 0.238 e. The first kappa shape index (κ1) is 13.8. The molecule has 1 heterocycles. The summed E-state index contributed by atoms with van der Waals surface area (Å²) in [5.74, 6) is 0.0753. The predicted octanol–water partition coefficient (Wildman–Crippen LogP) is -0.299. The molecule has 3 N–H and O–H groups in total. The van der Waals surface area contributed by atoms with Crippen LogP contribution in [0.1, 0.15) is 32.6 Å². The molecule has 1 aliphatic carbocycles. The van der Waals surface area contributed by atoms with Crippen LogP contribution in [0.4, 0.5) is 0 Å². The zero-order valence-electron chi connectivity index (χ0n) is 11.2. The van der Waals surface area contributed by atoms with Crippen molar-refractivity contribution in [3.05, 3.63) is 0 Å². The summed E-state index contributed by atoms with van der Waals surface area (Å²) in [5.41, 5.74) is -0.567. The molecule has 1 atom stereocenters. The molecule has 0 aromatic carbocycles. The van der Waals surface area contributed by atoms with Crippen LogP contribution in [0, 0.1) is 0 Å². The molecule has 5 nitrogen and oxygen atoms in total. The van der Waals surface area contributed by atoms with Gasteiger partial charge in [-0.3, -0.25) is 9.69 Å². The molecule has 5 heteroatoms. The van der Waals surface area contributed by atoms with Crippen molar-refractivity contribution in [3.63, 3.8) is 0 Å². The first-order valence-corrected chi connectivity index (χ1v) is 7.09. The lowest BCUT2D eigenvalue weighted by Crippen LogP contribution is -2.60. The zero-order valence-corrected chi connectivity index (χ0v) is 11.2. The summed E-state index contributed by atoms with van der Waals surface area (Å²) in [7, 11) is 0. The van der Waals surface area contributed by atoms with E-state index in [0.717, 1.165) is 38.8 Å². The first-order chi connectivity index (χ1) is 8.64. The third kappa shape index (κ3) is 3.22. The fourth-order valence-corrected chi connectivity index (χ4v) is 3.06.